The molecule has 18 heavy (non-hydrogen) atoms. The van der Waals surface area contributed by atoms with E-state index >= 15 is 0 Å². The Balaban J connectivity index is 3.04. The lowest BCUT2D eigenvalue weighted by atomic mass is 10.2. The fourth-order valence-corrected chi connectivity index (χ4v) is 1.28. The Morgan fingerprint density at radius 1 is 1.67 bits per heavy atom. The molecule has 1 N–H and O–H groups in total. The molecule has 0 aliphatic carbocycles. The van der Waals surface area contributed by atoms with Crippen LogP contribution in [0.3, 0.4) is 0 Å². The highest BCUT2D eigenvalue weighted by molar-refractivity contribution is 5.91. The summed E-state index contributed by atoms with van der Waals surface area (Å²) < 4.78 is 10.1. The molecule has 0 saturated carbocycles. The molecule has 1 unspecified atom stereocenters. The van der Waals surface area contributed by atoms with Gasteiger partial charge in [0.1, 0.15) is 11.7 Å². The summed E-state index contributed by atoms with van der Waals surface area (Å²) >= 11 is 0. The molecule has 0 spiro atoms. The highest BCUT2D eigenvalue weighted by Gasteiger charge is 2.20. The van der Waals surface area contributed by atoms with E-state index in [-0.39, 0.29) is 17.9 Å². The van der Waals surface area contributed by atoms with Crippen molar-refractivity contribution in [3.8, 4) is 5.75 Å². The number of hydrogen-bond donors (Lipinski definition) is 1. The first kappa shape index (κ1) is 13.8. The molecule has 0 fully saturated rings. The van der Waals surface area contributed by atoms with E-state index < -0.39 is 22.8 Å². The van der Waals surface area contributed by atoms with Gasteiger partial charge >= 0.3 is 11.8 Å². The summed E-state index contributed by atoms with van der Waals surface area (Å²) in [5.74, 6) is -1.89. The van der Waals surface area contributed by atoms with E-state index in [2.05, 4.69) is 4.98 Å². The molecule has 0 aliphatic heterocycles. The van der Waals surface area contributed by atoms with Gasteiger partial charge in [-0.05, 0) is 16.8 Å². The van der Waals surface area contributed by atoms with Gasteiger partial charge in [-0.25, -0.2) is 4.79 Å². The maximum atomic E-state index is 11.0. The molecule has 0 saturated heterocycles. The van der Waals surface area contributed by atoms with Crippen LogP contribution in [0.4, 0.5) is 5.82 Å². The fourth-order valence-electron chi connectivity index (χ4n) is 1.28. The molecule has 1 aromatic heterocycles. The van der Waals surface area contributed by atoms with Crippen molar-refractivity contribution in [2.75, 3.05) is 13.7 Å². The van der Waals surface area contributed by atoms with Gasteiger partial charge in [0.25, 0.3) is 0 Å². The normalized spacial score (nSPS) is 11.9. The van der Waals surface area contributed by atoms with Crippen LogP contribution in [-0.4, -0.2) is 40.8 Å². The summed E-state index contributed by atoms with van der Waals surface area (Å²) in [7, 11) is 1.48. The van der Waals surface area contributed by atoms with Crippen LogP contribution in [0.1, 0.15) is 17.3 Å². The van der Waals surface area contributed by atoms with Crippen LogP contribution in [0.5, 0.6) is 5.75 Å². The molecule has 1 rings (SSSR count). The molecule has 1 heterocycles. The third-order valence-corrected chi connectivity index (χ3v) is 2.00. The van der Waals surface area contributed by atoms with Crippen molar-refractivity contribution in [1.82, 2.24) is 4.98 Å². The van der Waals surface area contributed by atoms with Crippen LogP contribution < -0.4 is 4.74 Å². The molecule has 8 nitrogen and oxygen atoms in total. The molecule has 98 valence electrons. The molecule has 8 heteroatoms. The minimum Gasteiger partial charge on any atom is -0.483 e. The number of rotatable bonds is 6. The zero-order chi connectivity index (χ0) is 13.7. The second kappa shape index (κ2) is 5.92. The first-order chi connectivity index (χ1) is 8.45. The number of carboxylic acid groups (broad SMARTS) is 1. The highest BCUT2D eigenvalue weighted by Crippen LogP contribution is 2.22. The molecule has 1 aromatic rings. The van der Waals surface area contributed by atoms with Gasteiger partial charge in [-0.2, -0.15) is 0 Å². The van der Waals surface area contributed by atoms with Gasteiger partial charge in [0.2, 0.25) is 0 Å². The van der Waals surface area contributed by atoms with Crippen molar-refractivity contribution >= 4 is 11.8 Å². The number of carbonyl (C=O) groups is 1. The average molecular weight is 256 g/mol. The lowest BCUT2D eigenvalue weighted by Gasteiger charge is -2.13. The summed E-state index contributed by atoms with van der Waals surface area (Å²) in [4.78, 5) is 24.2. The molecule has 0 bridgehead atoms. The fraction of sp³-hybridized carbons (Fsp3) is 0.400. The maximum absolute atomic E-state index is 11.0. The van der Waals surface area contributed by atoms with E-state index in [9.17, 15) is 14.9 Å². The third-order valence-electron chi connectivity index (χ3n) is 2.00. The largest absolute Gasteiger partial charge is 0.483 e. The average Bonchev–Trinajstić information content (AvgIpc) is 2.29. The van der Waals surface area contributed by atoms with Crippen LogP contribution >= 0.6 is 0 Å². The van der Waals surface area contributed by atoms with Crippen LogP contribution in [0.2, 0.25) is 0 Å². The maximum Gasteiger partial charge on any atom is 0.364 e. The zero-order valence-corrected chi connectivity index (χ0v) is 9.82. The van der Waals surface area contributed by atoms with Crippen LogP contribution in [0.15, 0.2) is 12.3 Å². The molecular weight excluding hydrogens is 244 g/mol. The van der Waals surface area contributed by atoms with Crippen molar-refractivity contribution in [1.29, 1.82) is 0 Å². The second-order valence-corrected chi connectivity index (χ2v) is 3.48. The Kier molecular flexibility index (Phi) is 4.55. The van der Waals surface area contributed by atoms with Gasteiger partial charge in [-0.3, -0.25) is 0 Å². The number of aromatic nitrogens is 1. The predicted molar refractivity (Wildman–Crippen MR) is 59.8 cm³/mol. The van der Waals surface area contributed by atoms with Gasteiger partial charge in [0.15, 0.2) is 11.9 Å². The first-order valence-electron chi connectivity index (χ1n) is 4.99. The summed E-state index contributed by atoms with van der Waals surface area (Å²) in [5.41, 5.74) is -0.306. The minimum absolute atomic E-state index is 0.0300. The number of pyridine rings is 1. The number of methoxy groups -OCH3 is 1. The molecule has 0 radical (unpaired) electrons. The van der Waals surface area contributed by atoms with E-state index in [1.165, 1.54) is 7.11 Å². The Bertz CT molecular complexity index is 462. The summed E-state index contributed by atoms with van der Waals surface area (Å²) in [6.07, 6.45) is 0.629. The molecule has 0 aliphatic rings. The van der Waals surface area contributed by atoms with Crippen LogP contribution in [-0.2, 0) is 4.74 Å². The Labute approximate surface area is 102 Å². The number of ether oxygens (including phenoxy) is 2. The van der Waals surface area contributed by atoms with E-state index in [0.29, 0.717) is 0 Å². The summed E-state index contributed by atoms with van der Waals surface area (Å²) in [5, 5.41) is 19.5. The number of nitrogens with zero attached hydrogens (tertiary/aromatic N) is 2. The Morgan fingerprint density at radius 3 is 2.83 bits per heavy atom. The predicted octanol–water partition coefficient (Wildman–Crippen LogP) is 1.10. The van der Waals surface area contributed by atoms with Crippen LogP contribution in [0.25, 0.3) is 0 Å². The van der Waals surface area contributed by atoms with Gasteiger partial charge in [-0.1, -0.05) is 0 Å². The topological polar surface area (TPSA) is 112 Å². The van der Waals surface area contributed by atoms with Gasteiger partial charge in [0, 0.05) is 7.11 Å². The van der Waals surface area contributed by atoms with Crippen molar-refractivity contribution in [3.05, 3.63) is 27.9 Å². The third kappa shape index (κ3) is 3.39. The molecule has 0 amide bonds. The van der Waals surface area contributed by atoms with Gasteiger partial charge in [-0.15, -0.1) is 0 Å². The SMILES string of the molecule is COCC(C)Oc1cnc([N+](=O)[O-])cc1C(=O)O. The standard InChI is InChI=1S/C10H12N2O6/c1-6(5-17-2)18-8-4-11-9(12(15)16)3-7(8)10(13)14/h3-4,6H,5H2,1-2H3,(H,13,14). The zero-order valence-electron chi connectivity index (χ0n) is 9.82. The molecule has 1 atom stereocenters. The van der Waals surface area contributed by atoms with Crippen LogP contribution in [0, 0.1) is 10.1 Å². The van der Waals surface area contributed by atoms with Crippen molar-refractivity contribution in [2.24, 2.45) is 0 Å². The number of nitro groups is 1. The number of aromatic carboxylic acids is 1. The highest BCUT2D eigenvalue weighted by atomic mass is 16.6. The first-order valence-corrected chi connectivity index (χ1v) is 4.99. The Morgan fingerprint density at radius 2 is 2.33 bits per heavy atom. The smallest absolute Gasteiger partial charge is 0.364 e. The van der Waals surface area contributed by atoms with E-state index in [4.69, 9.17) is 14.6 Å². The minimum atomic E-state index is -1.32. The van der Waals surface area contributed by atoms with Gasteiger partial charge < -0.3 is 24.7 Å². The van der Waals surface area contributed by atoms with Crippen molar-refractivity contribution < 1.29 is 24.3 Å². The second-order valence-electron chi connectivity index (χ2n) is 3.48. The lowest BCUT2D eigenvalue weighted by molar-refractivity contribution is -0.389. The summed E-state index contributed by atoms with van der Waals surface area (Å²) in [6.45, 7) is 1.94. The van der Waals surface area contributed by atoms with Gasteiger partial charge in [0.05, 0.1) is 12.7 Å². The van der Waals surface area contributed by atoms with E-state index in [1.807, 2.05) is 0 Å². The molecular formula is C10H12N2O6. The van der Waals surface area contributed by atoms with E-state index in [0.717, 1.165) is 12.3 Å². The monoisotopic (exact) mass is 256 g/mol. The quantitative estimate of drug-likeness (QED) is 0.599. The lowest BCUT2D eigenvalue weighted by Crippen LogP contribution is -2.19. The van der Waals surface area contributed by atoms with E-state index in [1.54, 1.807) is 6.92 Å². The van der Waals surface area contributed by atoms with Crippen molar-refractivity contribution in [2.45, 2.75) is 13.0 Å². The number of carboxylic acids is 1. The van der Waals surface area contributed by atoms with Crippen molar-refractivity contribution in [3.63, 3.8) is 0 Å². The molecule has 0 aromatic carbocycles. The Hall–Kier alpha value is -2.22. The summed E-state index contributed by atoms with van der Waals surface area (Å²) in [6, 6.07) is 0.858. The number of hydrogen-bond acceptors (Lipinski definition) is 6.